The molecule has 3 heterocycles. The lowest BCUT2D eigenvalue weighted by Crippen LogP contribution is -2.36. The van der Waals surface area contributed by atoms with Crippen molar-refractivity contribution in [2.75, 3.05) is 38.1 Å². The van der Waals surface area contributed by atoms with E-state index in [0.29, 0.717) is 18.0 Å². The van der Waals surface area contributed by atoms with Crippen molar-refractivity contribution in [1.29, 1.82) is 0 Å². The summed E-state index contributed by atoms with van der Waals surface area (Å²) in [4.78, 5) is 9.44. The van der Waals surface area contributed by atoms with Crippen LogP contribution in [0.4, 0.5) is 14.5 Å². The van der Waals surface area contributed by atoms with E-state index < -0.39 is 0 Å². The number of rotatable bonds is 9. The van der Waals surface area contributed by atoms with Gasteiger partial charge in [-0.15, -0.1) is 6.58 Å². The summed E-state index contributed by atoms with van der Waals surface area (Å²) in [5, 5.41) is 0. The SMILES string of the molecule is C=CCCc1cc(C(=C)CCCN2CCC(C3=NCc4cc(F)ccc43)CC2)c(F)c2c1N(C)CC2. The Morgan fingerprint density at radius 1 is 1.17 bits per heavy atom. The average molecular weight is 490 g/mol. The summed E-state index contributed by atoms with van der Waals surface area (Å²) >= 11 is 0. The maximum Gasteiger partial charge on any atom is 0.136 e. The molecule has 0 aromatic heterocycles. The summed E-state index contributed by atoms with van der Waals surface area (Å²) in [5.74, 6) is 0.206. The molecule has 0 spiro atoms. The Morgan fingerprint density at radius 3 is 2.75 bits per heavy atom. The van der Waals surface area contributed by atoms with Gasteiger partial charge in [-0.05, 0) is 106 Å². The van der Waals surface area contributed by atoms with Crippen LogP contribution in [0.5, 0.6) is 0 Å². The molecule has 0 amide bonds. The Hall–Kier alpha value is -2.79. The summed E-state index contributed by atoms with van der Waals surface area (Å²) in [6, 6.07) is 7.11. The molecular weight excluding hydrogens is 452 g/mol. The third-order valence-electron chi connectivity index (χ3n) is 8.18. The molecule has 5 rings (SSSR count). The zero-order valence-corrected chi connectivity index (χ0v) is 21.5. The molecule has 2 aromatic rings. The predicted molar refractivity (Wildman–Crippen MR) is 146 cm³/mol. The number of likely N-dealkylation sites (N-methyl/N-ethyl adjacent to an activating group) is 1. The van der Waals surface area contributed by atoms with Crippen LogP contribution >= 0.6 is 0 Å². The molecule has 36 heavy (non-hydrogen) atoms. The van der Waals surface area contributed by atoms with E-state index in [9.17, 15) is 4.39 Å². The minimum Gasteiger partial charge on any atom is -0.374 e. The highest BCUT2D eigenvalue weighted by Gasteiger charge is 2.29. The largest absolute Gasteiger partial charge is 0.374 e. The average Bonchev–Trinajstić information content (AvgIpc) is 3.48. The first kappa shape index (κ1) is 24.9. The summed E-state index contributed by atoms with van der Waals surface area (Å²) in [6.07, 6.45) is 8.41. The lowest BCUT2D eigenvalue weighted by Gasteiger charge is -2.32. The van der Waals surface area contributed by atoms with E-state index in [-0.39, 0.29) is 11.6 Å². The second-order valence-corrected chi connectivity index (χ2v) is 10.5. The Kier molecular flexibility index (Phi) is 7.38. The predicted octanol–water partition coefficient (Wildman–Crippen LogP) is 6.58. The monoisotopic (exact) mass is 489 g/mol. The molecule has 0 bridgehead atoms. The zero-order chi connectivity index (χ0) is 25.2. The first-order valence-electron chi connectivity index (χ1n) is 13.4. The van der Waals surface area contributed by atoms with Gasteiger partial charge in [-0.25, -0.2) is 8.78 Å². The van der Waals surface area contributed by atoms with Gasteiger partial charge in [-0.2, -0.15) is 0 Å². The molecule has 5 heteroatoms. The Balaban J connectivity index is 1.15. The van der Waals surface area contributed by atoms with Crippen molar-refractivity contribution in [3.05, 3.63) is 83.0 Å². The van der Waals surface area contributed by atoms with Gasteiger partial charge in [0.25, 0.3) is 0 Å². The number of hydrogen-bond acceptors (Lipinski definition) is 3. The van der Waals surface area contributed by atoms with Gasteiger partial charge in [0, 0.05) is 47.6 Å². The molecular formula is C31H37F2N3. The normalized spacial score (nSPS) is 17.8. The Morgan fingerprint density at radius 2 is 1.97 bits per heavy atom. The minimum atomic E-state index is -0.179. The molecule has 0 radical (unpaired) electrons. The van der Waals surface area contributed by atoms with Crippen molar-refractivity contribution in [2.45, 2.75) is 51.5 Å². The second kappa shape index (κ2) is 10.7. The fourth-order valence-electron chi connectivity index (χ4n) is 6.19. The number of fused-ring (bicyclic) bond motifs is 2. The fourth-order valence-corrected chi connectivity index (χ4v) is 6.19. The van der Waals surface area contributed by atoms with E-state index in [1.165, 1.54) is 11.3 Å². The maximum atomic E-state index is 15.5. The number of anilines is 1. The molecule has 3 aliphatic heterocycles. The minimum absolute atomic E-state index is 0.0694. The van der Waals surface area contributed by atoms with Gasteiger partial charge in [-0.3, -0.25) is 4.99 Å². The Bertz CT molecular complexity index is 1190. The van der Waals surface area contributed by atoms with Gasteiger partial charge in [0.1, 0.15) is 11.6 Å². The molecule has 0 N–H and O–H groups in total. The van der Waals surface area contributed by atoms with E-state index >= 15 is 4.39 Å². The molecule has 0 saturated carbocycles. The third kappa shape index (κ3) is 4.90. The lowest BCUT2D eigenvalue weighted by atomic mass is 9.87. The van der Waals surface area contributed by atoms with Crippen molar-refractivity contribution in [1.82, 2.24) is 4.90 Å². The molecule has 2 aromatic carbocycles. The fraction of sp³-hybridized carbons (Fsp3) is 0.452. The standard InChI is InChI=1S/C31H37F2N3/c1-4-5-8-23-19-28(29(33)27-13-15-35(3)31(23)27)21(2)7-6-14-36-16-11-22(12-17-36)30-26-10-9-25(32)18-24(26)20-34-30/h4,9-10,18-19,22H,1-2,5-8,11-17,20H2,3H3. The summed E-state index contributed by atoms with van der Waals surface area (Å²) in [5.41, 5.74) is 8.08. The van der Waals surface area contributed by atoms with E-state index in [2.05, 4.69) is 30.0 Å². The van der Waals surface area contributed by atoms with E-state index in [4.69, 9.17) is 4.99 Å². The molecule has 3 aliphatic rings. The van der Waals surface area contributed by atoms with Gasteiger partial charge < -0.3 is 9.80 Å². The van der Waals surface area contributed by atoms with Crippen LogP contribution in [0.2, 0.25) is 0 Å². The van der Waals surface area contributed by atoms with Crippen LogP contribution in [0.25, 0.3) is 5.57 Å². The van der Waals surface area contributed by atoms with Crippen LogP contribution in [-0.2, 0) is 19.4 Å². The van der Waals surface area contributed by atoms with Crippen LogP contribution in [0.3, 0.4) is 0 Å². The zero-order valence-electron chi connectivity index (χ0n) is 21.5. The first-order chi connectivity index (χ1) is 17.5. The molecule has 0 unspecified atom stereocenters. The quantitative estimate of drug-likeness (QED) is 0.370. The number of piperidine rings is 1. The van der Waals surface area contributed by atoms with Crippen LogP contribution in [0.1, 0.15) is 59.9 Å². The van der Waals surface area contributed by atoms with Crippen molar-refractivity contribution >= 4 is 17.0 Å². The van der Waals surface area contributed by atoms with E-state index in [0.717, 1.165) is 99.1 Å². The summed E-state index contributed by atoms with van der Waals surface area (Å²) in [7, 11) is 2.05. The topological polar surface area (TPSA) is 18.8 Å². The molecule has 190 valence electrons. The van der Waals surface area contributed by atoms with Crippen molar-refractivity contribution in [2.24, 2.45) is 10.9 Å². The highest BCUT2D eigenvalue weighted by Crippen LogP contribution is 2.38. The summed E-state index contributed by atoms with van der Waals surface area (Å²) < 4.78 is 29.0. The first-order valence-corrected chi connectivity index (χ1v) is 13.4. The van der Waals surface area contributed by atoms with Gasteiger partial charge in [0.05, 0.1) is 6.54 Å². The second-order valence-electron chi connectivity index (χ2n) is 10.5. The maximum absolute atomic E-state index is 15.5. The smallest absolute Gasteiger partial charge is 0.136 e. The highest BCUT2D eigenvalue weighted by molar-refractivity contribution is 6.05. The molecule has 0 atom stereocenters. The molecule has 1 saturated heterocycles. The number of halogens is 2. The van der Waals surface area contributed by atoms with Crippen LogP contribution in [-0.4, -0.2) is 43.8 Å². The van der Waals surface area contributed by atoms with Gasteiger partial charge in [0.15, 0.2) is 0 Å². The van der Waals surface area contributed by atoms with Crippen molar-refractivity contribution < 1.29 is 8.78 Å². The van der Waals surface area contributed by atoms with Crippen molar-refractivity contribution in [3.8, 4) is 0 Å². The molecule has 3 nitrogen and oxygen atoms in total. The number of nitrogens with zero attached hydrogens (tertiary/aromatic N) is 3. The van der Waals surface area contributed by atoms with E-state index in [1.54, 1.807) is 12.1 Å². The van der Waals surface area contributed by atoms with Gasteiger partial charge in [-0.1, -0.05) is 12.7 Å². The number of aryl methyl sites for hydroxylation is 1. The van der Waals surface area contributed by atoms with Crippen LogP contribution in [0, 0.1) is 17.6 Å². The van der Waals surface area contributed by atoms with Crippen LogP contribution in [0.15, 0.2) is 48.5 Å². The Labute approximate surface area is 214 Å². The number of hydrogen-bond donors (Lipinski definition) is 0. The van der Waals surface area contributed by atoms with E-state index in [1.807, 2.05) is 18.2 Å². The number of benzene rings is 2. The lowest BCUT2D eigenvalue weighted by molar-refractivity contribution is 0.208. The van der Waals surface area contributed by atoms with Gasteiger partial charge >= 0.3 is 0 Å². The summed E-state index contributed by atoms with van der Waals surface area (Å²) in [6.45, 7) is 12.7. The van der Waals surface area contributed by atoms with Crippen LogP contribution < -0.4 is 4.90 Å². The number of aliphatic imine (C=N–C) groups is 1. The third-order valence-corrected chi connectivity index (χ3v) is 8.18. The van der Waals surface area contributed by atoms with Crippen molar-refractivity contribution in [3.63, 3.8) is 0 Å². The highest BCUT2D eigenvalue weighted by atomic mass is 19.1. The molecule has 1 fully saturated rings. The molecule has 0 aliphatic carbocycles. The number of likely N-dealkylation sites (tertiary alicyclic amines) is 1. The number of allylic oxidation sites excluding steroid dienone is 2. The van der Waals surface area contributed by atoms with Gasteiger partial charge in [0.2, 0.25) is 0 Å².